The molecular weight excluding hydrogens is 485 g/mol. The van der Waals surface area contributed by atoms with Gasteiger partial charge in [-0.15, -0.1) is 12.6 Å². The molecule has 0 radical (unpaired) electrons. The van der Waals surface area contributed by atoms with E-state index in [0.717, 1.165) is 55.4 Å². The highest BCUT2D eigenvalue weighted by molar-refractivity contribution is 8.00. The van der Waals surface area contributed by atoms with E-state index in [0.29, 0.717) is 25.1 Å². The van der Waals surface area contributed by atoms with Crippen LogP contribution in [0.25, 0.3) is 0 Å². The number of nitrogens with zero attached hydrogens (tertiary/aromatic N) is 1. The number of piperidine rings is 1. The minimum absolute atomic E-state index is 0.0261. The average Bonchev–Trinajstić information content (AvgIpc) is 2.81. The van der Waals surface area contributed by atoms with Crippen LogP contribution in [0.3, 0.4) is 0 Å². The summed E-state index contributed by atoms with van der Waals surface area (Å²) in [4.78, 5) is 14.9. The maximum Gasteiger partial charge on any atom is 0.416 e. The zero-order valence-corrected chi connectivity index (χ0v) is 21.4. The van der Waals surface area contributed by atoms with Crippen LogP contribution in [0.2, 0.25) is 0 Å². The van der Waals surface area contributed by atoms with Gasteiger partial charge >= 0.3 is 6.18 Å². The Kier molecular flexibility index (Phi) is 14.6. The zero-order chi connectivity index (χ0) is 25.6. The number of allylic oxidation sites excluding steroid dienone is 2. The summed E-state index contributed by atoms with van der Waals surface area (Å²) in [5.41, 5.74) is 1.35. The molecule has 3 N–H and O–H groups in total. The number of carbonyl (C=O) groups excluding carboxylic acids is 1. The highest BCUT2D eigenvalue weighted by Crippen LogP contribution is 2.29. The lowest BCUT2D eigenvalue weighted by molar-refractivity contribution is -0.137. The third-order valence-electron chi connectivity index (χ3n) is 5.16. The van der Waals surface area contributed by atoms with Gasteiger partial charge < -0.3 is 15.5 Å². The number of aliphatic hydroxyl groups excluding tert-OH is 2. The first kappa shape index (κ1) is 30.6. The Morgan fingerprint density at radius 3 is 2.71 bits per heavy atom. The number of nitrogens with one attached hydrogen (secondary N) is 1. The van der Waals surface area contributed by atoms with Gasteiger partial charge in [0.25, 0.3) is 0 Å². The minimum Gasteiger partial charge on any atom is -0.400 e. The maximum absolute atomic E-state index is 12.1. The van der Waals surface area contributed by atoms with Gasteiger partial charge in [0, 0.05) is 25.6 Å². The fourth-order valence-electron chi connectivity index (χ4n) is 3.39. The fourth-order valence-corrected chi connectivity index (χ4v) is 4.74. The molecule has 1 fully saturated rings. The average molecular weight is 521 g/mol. The quantitative estimate of drug-likeness (QED) is 0.437. The molecule has 2 aliphatic rings. The summed E-state index contributed by atoms with van der Waals surface area (Å²) in [7, 11) is 1.00. The van der Waals surface area contributed by atoms with Crippen LogP contribution in [0.5, 0.6) is 0 Å². The minimum atomic E-state index is -4.22. The molecule has 2 heterocycles. The molecule has 34 heavy (non-hydrogen) atoms. The molecule has 1 unspecified atom stereocenters. The molecule has 3 rings (SSSR count). The molecule has 1 amide bonds. The third kappa shape index (κ3) is 11.8. The van der Waals surface area contributed by atoms with Gasteiger partial charge in [-0.05, 0) is 66.2 Å². The highest BCUT2D eigenvalue weighted by Gasteiger charge is 2.30. The molecule has 2 aliphatic heterocycles. The van der Waals surface area contributed by atoms with Crippen LogP contribution in [0.1, 0.15) is 37.3 Å². The van der Waals surface area contributed by atoms with E-state index in [1.54, 1.807) is 12.3 Å². The van der Waals surface area contributed by atoms with E-state index < -0.39 is 11.7 Å². The van der Waals surface area contributed by atoms with Crippen molar-refractivity contribution in [3.8, 4) is 0 Å². The molecule has 0 saturated carbocycles. The Labute approximate surface area is 209 Å². The number of rotatable bonds is 5. The summed E-state index contributed by atoms with van der Waals surface area (Å²) in [6.07, 6.45) is 2.59. The van der Waals surface area contributed by atoms with Crippen LogP contribution in [0.15, 0.2) is 47.0 Å². The van der Waals surface area contributed by atoms with Gasteiger partial charge in [0.2, 0.25) is 5.91 Å². The molecule has 0 aliphatic carbocycles. The first-order valence-corrected chi connectivity index (χ1v) is 12.7. The van der Waals surface area contributed by atoms with E-state index in [1.165, 1.54) is 17.7 Å². The van der Waals surface area contributed by atoms with Crippen molar-refractivity contribution in [3.05, 3.63) is 58.1 Å². The first-order valence-electron chi connectivity index (χ1n) is 11.1. The van der Waals surface area contributed by atoms with Crippen LogP contribution >= 0.6 is 24.4 Å². The molecule has 10 heteroatoms. The lowest BCUT2D eigenvalue weighted by Gasteiger charge is -2.29. The molecule has 0 aromatic heterocycles. The van der Waals surface area contributed by atoms with Crippen molar-refractivity contribution < 1.29 is 28.2 Å². The number of carbonyl (C=O) groups is 1. The van der Waals surface area contributed by atoms with Gasteiger partial charge in [-0.3, -0.25) is 9.69 Å². The van der Waals surface area contributed by atoms with E-state index in [-0.39, 0.29) is 12.0 Å². The summed E-state index contributed by atoms with van der Waals surface area (Å²) in [5, 5.41) is 19.4. The number of benzene rings is 1. The predicted octanol–water partition coefficient (Wildman–Crippen LogP) is 4.27. The van der Waals surface area contributed by atoms with E-state index in [9.17, 15) is 23.1 Å². The monoisotopic (exact) mass is 520 g/mol. The number of thiol groups is 1. The van der Waals surface area contributed by atoms with Gasteiger partial charge in [0.1, 0.15) is 0 Å². The van der Waals surface area contributed by atoms with Crippen LogP contribution in [-0.2, 0) is 17.4 Å². The predicted molar refractivity (Wildman–Crippen MR) is 136 cm³/mol. The van der Waals surface area contributed by atoms with Crippen molar-refractivity contribution in [1.82, 2.24) is 10.2 Å². The SMILES string of the molecule is CCc1cccc(C(F)(F)F)c1.CO.O=C(CN1CCCC(O)C1)N/C=C/C1=C(S)CSCC1. The first-order chi connectivity index (χ1) is 16.2. The Morgan fingerprint density at radius 1 is 1.35 bits per heavy atom. The summed E-state index contributed by atoms with van der Waals surface area (Å²) >= 11 is 6.34. The Morgan fingerprint density at radius 2 is 2.09 bits per heavy atom. The number of likely N-dealkylation sites (tertiary alicyclic amines) is 1. The van der Waals surface area contributed by atoms with Crippen LogP contribution < -0.4 is 5.32 Å². The molecule has 0 bridgehead atoms. The summed E-state index contributed by atoms with van der Waals surface area (Å²) < 4.78 is 36.3. The number of thioether (sulfide) groups is 1. The largest absolute Gasteiger partial charge is 0.416 e. The van der Waals surface area contributed by atoms with Gasteiger partial charge in [0.05, 0.1) is 18.2 Å². The second-order valence-corrected chi connectivity index (χ2v) is 9.40. The zero-order valence-electron chi connectivity index (χ0n) is 19.6. The number of hydrogen-bond acceptors (Lipinski definition) is 6. The van der Waals surface area contributed by atoms with Crippen LogP contribution in [0.4, 0.5) is 13.2 Å². The molecule has 1 aromatic carbocycles. The number of hydrogen-bond donors (Lipinski definition) is 4. The van der Waals surface area contributed by atoms with Crippen molar-refractivity contribution in [2.75, 3.05) is 38.2 Å². The third-order valence-corrected chi connectivity index (χ3v) is 6.81. The van der Waals surface area contributed by atoms with E-state index in [4.69, 9.17) is 5.11 Å². The molecule has 1 aromatic rings. The van der Waals surface area contributed by atoms with E-state index >= 15 is 0 Å². The summed E-state index contributed by atoms with van der Waals surface area (Å²) in [6.45, 7) is 3.66. The van der Waals surface area contributed by atoms with Gasteiger partial charge in [0.15, 0.2) is 0 Å². The van der Waals surface area contributed by atoms with Crippen molar-refractivity contribution in [2.24, 2.45) is 0 Å². The topological polar surface area (TPSA) is 72.8 Å². The van der Waals surface area contributed by atoms with Crippen molar-refractivity contribution >= 4 is 30.3 Å². The van der Waals surface area contributed by atoms with Gasteiger partial charge in [-0.25, -0.2) is 0 Å². The number of alkyl halides is 3. The van der Waals surface area contributed by atoms with Crippen LogP contribution in [-0.4, -0.2) is 65.4 Å². The Bertz CT molecular complexity index is 817. The Balaban J connectivity index is 0.000000353. The number of β-amino-alcohol motifs (C(OH)–C–C–N with tert-alkyl or cyclic N) is 1. The fraction of sp³-hybridized carbons (Fsp3) is 0.542. The van der Waals surface area contributed by atoms with Crippen molar-refractivity contribution in [3.63, 3.8) is 0 Å². The molecule has 1 saturated heterocycles. The molecule has 5 nitrogen and oxygen atoms in total. The number of aryl methyl sites for hydroxylation is 1. The maximum atomic E-state index is 12.1. The smallest absolute Gasteiger partial charge is 0.400 e. The standard InChI is InChI=1S/C14H22N2O2S2.C9H9F3.CH4O/c17-12-2-1-6-16(8-12)9-14(18)15-5-3-11-4-7-20-10-13(11)19;1-2-7-4-3-5-8(6-7)9(10,11)12;1-2/h3,5,12,17,19H,1-2,4,6-10H2,(H,15,18);3-6H,2H2,1H3;2H,1H3/b5-3+;;. The van der Waals surface area contributed by atoms with Gasteiger partial charge in [-0.2, -0.15) is 24.9 Å². The van der Waals surface area contributed by atoms with Gasteiger partial charge in [-0.1, -0.05) is 25.1 Å². The summed E-state index contributed by atoms with van der Waals surface area (Å²) in [6, 6.07) is 5.38. The van der Waals surface area contributed by atoms with E-state index in [2.05, 4.69) is 17.9 Å². The van der Waals surface area contributed by atoms with Crippen molar-refractivity contribution in [2.45, 2.75) is 44.9 Å². The number of halogens is 3. The van der Waals surface area contributed by atoms with E-state index in [1.807, 2.05) is 29.7 Å². The molecule has 0 spiro atoms. The lowest BCUT2D eigenvalue weighted by atomic mass is 10.1. The number of aliphatic hydroxyl groups is 2. The van der Waals surface area contributed by atoms with Crippen LogP contribution in [0, 0.1) is 0 Å². The Hall–Kier alpha value is -1.46. The molecule has 192 valence electrons. The highest BCUT2D eigenvalue weighted by atomic mass is 32.2. The number of amides is 1. The normalized spacial score (nSPS) is 19.1. The lowest BCUT2D eigenvalue weighted by Crippen LogP contribution is -2.43. The van der Waals surface area contributed by atoms with Crippen molar-refractivity contribution in [1.29, 1.82) is 0 Å². The molecule has 1 atom stereocenters. The second-order valence-electron chi connectivity index (χ2n) is 7.76. The molecular formula is C24H35F3N2O3S2. The summed E-state index contributed by atoms with van der Waals surface area (Å²) in [5.74, 6) is 2.05. The second kappa shape index (κ2) is 16.3.